The van der Waals surface area contributed by atoms with E-state index >= 15 is 0 Å². The fourth-order valence-electron chi connectivity index (χ4n) is 1.30. The first-order chi connectivity index (χ1) is 8.38. The van der Waals surface area contributed by atoms with Crippen LogP contribution in [0.5, 0.6) is 0 Å². The summed E-state index contributed by atoms with van der Waals surface area (Å²) in [7, 11) is 0. The van der Waals surface area contributed by atoms with Gasteiger partial charge < -0.3 is 0 Å². The number of hydrogen-bond donors (Lipinski definition) is 0. The molecule has 0 atom stereocenters. The van der Waals surface area contributed by atoms with E-state index in [1.54, 1.807) is 20.8 Å². The first-order valence-electron chi connectivity index (χ1n) is 6.79. The van der Waals surface area contributed by atoms with Gasteiger partial charge in [-0.2, -0.15) is 0 Å². The van der Waals surface area contributed by atoms with Crippen LogP contribution in [-0.4, -0.2) is 11.9 Å². The molecule has 0 aromatic rings. The minimum atomic E-state index is -0.652. The van der Waals surface area contributed by atoms with Gasteiger partial charge >= 0.3 is 11.9 Å². The molecule has 0 spiro atoms. The van der Waals surface area contributed by atoms with Gasteiger partial charge in [0, 0.05) is 0 Å². The lowest BCUT2D eigenvalue weighted by Gasteiger charge is -2.14. The van der Waals surface area contributed by atoms with Gasteiger partial charge in [0.05, 0.1) is 11.8 Å². The molecule has 18 heavy (non-hydrogen) atoms. The molecule has 0 aliphatic heterocycles. The molecule has 0 aromatic carbocycles. The molecule has 0 radical (unpaired) electrons. The van der Waals surface area contributed by atoms with Crippen molar-refractivity contribution in [2.45, 2.75) is 72.6 Å². The van der Waals surface area contributed by atoms with Gasteiger partial charge in [-0.1, -0.05) is 39.0 Å². The Morgan fingerprint density at radius 2 is 1.44 bits per heavy atom. The molecule has 0 heterocycles. The third-order valence-electron chi connectivity index (χ3n) is 2.56. The molecule has 0 saturated carbocycles. The number of carbonyl (C=O) groups is 2. The topological polar surface area (TPSA) is 52.6 Å². The summed E-state index contributed by atoms with van der Waals surface area (Å²) < 4.78 is 0. The molecule has 0 unspecified atom stereocenters. The summed E-state index contributed by atoms with van der Waals surface area (Å²) in [6.45, 7) is 7.28. The standard InChI is InChI=1S/C14H26O4/c1-5-6-7-8-9-10-11-12(15)17-18-13(16)14(2,3)4/h5-11H2,1-4H3. The zero-order chi connectivity index (χ0) is 14.0. The molecule has 0 aromatic heterocycles. The van der Waals surface area contributed by atoms with E-state index in [1.165, 1.54) is 19.3 Å². The molecular formula is C14H26O4. The summed E-state index contributed by atoms with van der Waals surface area (Å²) >= 11 is 0. The lowest BCUT2D eigenvalue weighted by molar-refractivity contribution is -0.265. The molecule has 0 rings (SSSR count). The molecule has 4 nitrogen and oxygen atoms in total. The Balaban J connectivity index is 3.52. The molecule has 106 valence electrons. The Bertz CT molecular complexity index is 253. The lowest BCUT2D eigenvalue weighted by atomic mass is 9.98. The Morgan fingerprint density at radius 3 is 2.00 bits per heavy atom. The monoisotopic (exact) mass is 258 g/mol. The van der Waals surface area contributed by atoms with Gasteiger partial charge in [-0.3, -0.25) is 0 Å². The third kappa shape index (κ3) is 9.02. The van der Waals surface area contributed by atoms with Crippen LogP contribution in [0.2, 0.25) is 0 Å². The van der Waals surface area contributed by atoms with Crippen LogP contribution in [0.1, 0.15) is 72.6 Å². The highest BCUT2D eigenvalue weighted by atomic mass is 17.2. The molecule has 0 bridgehead atoms. The fraction of sp³-hybridized carbons (Fsp3) is 0.857. The number of hydrogen-bond acceptors (Lipinski definition) is 4. The van der Waals surface area contributed by atoms with E-state index in [9.17, 15) is 9.59 Å². The van der Waals surface area contributed by atoms with Crippen LogP contribution in [-0.2, 0) is 19.4 Å². The maximum absolute atomic E-state index is 11.3. The maximum Gasteiger partial charge on any atom is 0.360 e. The minimum Gasteiger partial charge on any atom is -0.247 e. The zero-order valence-electron chi connectivity index (χ0n) is 12.1. The van der Waals surface area contributed by atoms with Crippen molar-refractivity contribution in [2.24, 2.45) is 5.41 Å². The van der Waals surface area contributed by atoms with Crippen molar-refractivity contribution in [3.63, 3.8) is 0 Å². The Kier molecular flexibility index (Phi) is 8.42. The van der Waals surface area contributed by atoms with Crippen molar-refractivity contribution in [3.05, 3.63) is 0 Å². The second kappa shape index (κ2) is 8.95. The van der Waals surface area contributed by atoms with Gasteiger partial charge in [-0.05, 0) is 27.2 Å². The van der Waals surface area contributed by atoms with E-state index in [2.05, 4.69) is 16.7 Å². The predicted octanol–water partition coefficient (Wildman–Crippen LogP) is 3.78. The van der Waals surface area contributed by atoms with Crippen LogP contribution in [0.4, 0.5) is 0 Å². The molecule has 0 aliphatic carbocycles. The van der Waals surface area contributed by atoms with Gasteiger partial charge in [0.15, 0.2) is 0 Å². The summed E-state index contributed by atoms with van der Waals surface area (Å²) in [5.74, 6) is -0.998. The minimum absolute atomic E-state index is 0.309. The van der Waals surface area contributed by atoms with E-state index in [0.29, 0.717) is 6.42 Å². The molecule has 0 amide bonds. The van der Waals surface area contributed by atoms with Crippen molar-refractivity contribution in [1.82, 2.24) is 0 Å². The Hall–Kier alpha value is -1.06. The summed E-state index contributed by atoms with van der Waals surface area (Å²) in [6.07, 6.45) is 6.92. The van der Waals surface area contributed by atoms with Crippen molar-refractivity contribution >= 4 is 11.9 Å². The van der Waals surface area contributed by atoms with Crippen LogP contribution in [0.25, 0.3) is 0 Å². The molecule has 4 heteroatoms. The highest BCUT2D eigenvalue weighted by Gasteiger charge is 2.25. The van der Waals surface area contributed by atoms with E-state index in [4.69, 9.17) is 0 Å². The Morgan fingerprint density at radius 1 is 0.889 bits per heavy atom. The first-order valence-corrected chi connectivity index (χ1v) is 6.79. The van der Waals surface area contributed by atoms with E-state index in [0.717, 1.165) is 19.3 Å². The third-order valence-corrected chi connectivity index (χ3v) is 2.56. The van der Waals surface area contributed by atoms with Gasteiger partial charge in [0.1, 0.15) is 0 Å². The van der Waals surface area contributed by atoms with Crippen molar-refractivity contribution in [1.29, 1.82) is 0 Å². The fourth-order valence-corrected chi connectivity index (χ4v) is 1.30. The second-order valence-electron chi connectivity index (χ2n) is 5.59. The predicted molar refractivity (Wildman–Crippen MR) is 69.6 cm³/mol. The summed E-state index contributed by atoms with van der Waals surface area (Å²) in [5, 5.41) is 0. The summed E-state index contributed by atoms with van der Waals surface area (Å²) in [5.41, 5.74) is -0.652. The summed E-state index contributed by atoms with van der Waals surface area (Å²) in [4.78, 5) is 31.5. The Labute approximate surface area is 110 Å². The lowest BCUT2D eigenvalue weighted by Crippen LogP contribution is -2.24. The van der Waals surface area contributed by atoms with Crippen LogP contribution >= 0.6 is 0 Å². The summed E-state index contributed by atoms with van der Waals surface area (Å²) in [6, 6.07) is 0. The SMILES string of the molecule is CCCCCCCCC(=O)OOC(=O)C(C)(C)C. The van der Waals surface area contributed by atoms with Crippen LogP contribution in [0.15, 0.2) is 0 Å². The number of unbranched alkanes of at least 4 members (excludes halogenated alkanes) is 5. The van der Waals surface area contributed by atoms with Gasteiger partial charge in [0.2, 0.25) is 0 Å². The quantitative estimate of drug-likeness (QED) is 0.396. The number of rotatable bonds is 7. The first kappa shape index (κ1) is 16.9. The van der Waals surface area contributed by atoms with E-state index in [1.807, 2.05) is 0 Å². The van der Waals surface area contributed by atoms with Crippen molar-refractivity contribution in [2.75, 3.05) is 0 Å². The van der Waals surface area contributed by atoms with Crippen molar-refractivity contribution in [3.8, 4) is 0 Å². The van der Waals surface area contributed by atoms with Crippen LogP contribution in [0.3, 0.4) is 0 Å². The smallest absolute Gasteiger partial charge is 0.247 e. The maximum atomic E-state index is 11.3. The molecule has 0 saturated heterocycles. The van der Waals surface area contributed by atoms with Crippen LogP contribution in [0, 0.1) is 5.41 Å². The van der Waals surface area contributed by atoms with E-state index < -0.39 is 17.4 Å². The zero-order valence-corrected chi connectivity index (χ0v) is 12.1. The van der Waals surface area contributed by atoms with Gasteiger partial charge in [-0.15, -0.1) is 0 Å². The average Bonchev–Trinajstić information content (AvgIpc) is 2.29. The highest BCUT2D eigenvalue weighted by molar-refractivity contribution is 5.76. The molecule has 0 aliphatic rings. The van der Waals surface area contributed by atoms with Crippen molar-refractivity contribution < 1.29 is 19.4 Å². The normalized spacial score (nSPS) is 11.1. The largest absolute Gasteiger partial charge is 0.360 e. The molecule has 0 fully saturated rings. The molecule has 0 N–H and O–H groups in total. The van der Waals surface area contributed by atoms with E-state index in [-0.39, 0.29) is 0 Å². The second-order valence-corrected chi connectivity index (χ2v) is 5.59. The van der Waals surface area contributed by atoms with Gasteiger partial charge in [-0.25, -0.2) is 19.4 Å². The highest BCUT2D eigenvalue weighted by Crippen LogP contribution is 2.15. The number of carbonyl (C=O) groups excluding carboxylic acids is 2. The average molecular weight is 258 g/mol. The molecular weight excluding hydrogens is 232 g/mol. The van der Waals surface area contributed by atoms with Gasteiger partial charge in [0.25, 0.3) is 0 Å². The van der Waals surface area contributed by atoms with Crippen LogP contribution < -0.4 is 0 Å².